The molecule has 0 aromatic heterocycles. The van der Waals surface area contributed by atoms with Crippen molar-refractivity contribution >= 4 is 15.5 Å². The molecular formula is C13H18N2O2S. The Labute approximate surface area is 108 Å². The first-order valence-electron chi connectivity index (χ1n) is 6.33. The first kappa shape index (κ1) is 12.0. The van der Waals surface area contributed by atoms with Gasteiger partial charge in [-0.05, 0) is 18.6 Å². The van der Waals surface area contributed by atoms with Crippen molar-refractivity contribution < 1.29 is 8.42 Å². The van der Waals surface area contributed by atoms with Gasteiger partial charge in [-0.25, -0.2) is 8.42 Å². The lowest BCUT2D eigenvalue weighted by Crippen LogP contribution is -2.57. The van der Waals surface area contributed by atoms with Gasteiger partial charge in [0.2, 0.25) is 0 Å². The lowest BCUT2D eigenvalue weighted by Gasteiger charge is -2.39. The summed E-state index contributed by atoms with van der Waals surface area (Å²) >= 11 is 0. The van der Waals surface area contributed by atoms with Crippen LogP contribution in [0.1, 0.15) is 5.56 Å². The Morgan fingerprint density at radius 3 is 2.83 bits per heavy atom. The van der Waals surface area contributed by atoms with Gasteiger partial charge < -0.3 is 10.2 Å². The van der Waals surface area contributed by atoms with Crippen LogP contribution >= 0.6 is 0 Å². The summed E-state index contributed by atoms with van der Waals surface area (Å²) in [6.07, 6.45) is 0. The number of rotatable bonds is 1. The molecule has 0 radical (unpaired) electrons. The van der Waals surface area contributed by atoms with Crippen molar-refractivity contribution in [1.29, 1.82) is 0 Å². The fraction of sp³-hybridized carbons (Fsp3) is 0.538. The number of fused-ring (bicyclic) bond motifs is 1. The molecule has 0 amide bonds. The van der Waals surface area contributed by atoms with Crippen molar-refractivity contribution in [1.82, 2.24) is 5.32 Å². The third kappa shape index (κ3) is 2.01. The Bertz CT molecular complexity index is 556. The van der Waals surface area contributed by atoms with E-state index in [1.54, 1.807) is 0 Å². The average Bonchev–Trinajstić information content (AvgIpc) is 2.63. The number of benzene rings is 1. The SMILES string of the molecule is Cc1ccccc1N1CCNC2CS(=O)(=O)CC21. The topological polar surface area (TPSA) is 49.4 Å². The highest BCUT2D eigenvalue weighted by Gasteiger charge is 2.43. The van der Waals surface area contributed by atoms with Gasteiger partial charge in [0.05, 0.1) is 17.5 Å². The highest BCUT2D eigenvalue weighted by atomic mass is 32.2. The van der Waals surface area contributed by atoms with E-state index in [1.165, 1.54) is 11.3 Å². The average molecular weight is 266 g/mol. The Kier molecular flexibility index (Phi) is 2.83. The number of anilines is 1. The highest BCUT2D eigenvalue weighted by molar-refractivity contribution is 7.91. The van der Waals surface area contributed by atoms with E-state index in [-0.39, 0.29) is 23.6 Å². The normalized spacial score (nSPS) is 30.2. The van der Waals surface area contributed by atoms with E-state index in [4.69, 9.17) is 0 Å². The molecule has 2 heterocycles. The van der Waals surface area contributed by atoms with Crippen LogP contribution in [-0.2, 0) is 9.84 Å². The molecule has 5 heteroatoms. The number of nitrogens with one attached hydrogen (secondary N) is 1. The fourth-order valence-corrected chi connectivity index (χ4v) is 5.01. The van der Waals surface area contributed by atoms with E-state index >= 15 is 0 Å². The van der Waals surface area contributed by atoms with E-state index in [0.29, 0.717) is 0 Å². The minimum absolute atomic E-state index is 0.0864. The summed E-state index contributed by atoms with van der Waals surface area (Å²) in [5.41, 5.74) is 2.38. The van der Waals surface area contributed by atoms with Crippen molar-refractivity contribution in [3.8, 4) is 0 Å². The second kappa shape index (κ2) is 4.24. The van der Waals surface area contributed by atoms with Crippen molar-refractivity contribution in [3.63, 3.8) is 0 Å². The summed E-state index contributed by atoms with van der Waals surface area (Å²) in [6, 6.07) is 8.37. The lowest BCUT2D eigenvalue weighted by molar-refractivity contribution is 0.425. The minimum Gasteiger partial charge on any atom is -0.364 e. The quantitative estimate of drug-likeness (QED) is 0.807. The number of hydrogen-bond donors (Lipinski definition) is 1. The molecule has 0 spiro atoms. The molecule has 0 aliphatic carbocycles. The standard InChI is InChI=1S/C13H18N2O2S/c1-10-4-2-3-5-12(10)15-7-6-14-11-8-18(16,17)9-13(11)15/h2-5,11,13-14H,6-9H2,1H3. The monoisotopic (exact) mass is 266 g/mol. The first-order valence-corrected chi connectivity index (χ1v) is 8.15. The number of hydrogen-bond acceptors (Lipinski definition) is 4. The third-order valence-electron chi connectivity index (χ3n) is 3.91. The summed E-state index contributed by atoms with van der Waals surface area (Å²) in [5.74, 6) is 0.555. The van der Waals surface area contributed by atoms with Gasteiger partial charge in [0.15, 0.2) is 9.84 Å². The van der Waals surface area contributed by atoms with E-state index in [9.17, 15) is 8.42 Å². The van der Waals surface area contributed by atoms with Crippen LogP contribution in [0.5, 0.6) is 0 Å². The molecule has 1 aromatic rings. The molecule has 2 atom stereocenters. The summed E-state index contributed by atoms with van der Waals surface area (Å²) in [5, 5.41) is 3.34. The van der Waals surface area contributed by atoms with E-state index in [0.717, 1.165) is 13.1 Å². The molecule has 2 unspecified atom stereocenters. The number of sulfone groups is 1. The number of aryl methyl sites for hydroxylation is 1. The minimum atomic E-state index is -2.89. The molecule has 4 nitrogen and oxygen atoms in total. The zero-order valence-electron chi connectivity index (χ0n) is 10.5. The lowest BCUT2D eigenvalue weighted by atomic mass is 10.0. The number of nitrogens with zero attached hydrogens (tertiary/aromatic N) is 1. The summed E-state index contributed by atoms with van der Waals surface area (Å²) < 4.78 is 23.6. The largest absolute Gasteiger partial charge is 0.364 e. The predicted molar refractivity (Wildman–Crippen MR) is 72.8 cm³/mol. The van der Waals surface area contributed by atoms with Gasteiger partial charge >= 0.3 is 0 Å². The molecule has 1 N–H and O–H groups in total. The van der Waals surface area contributed by atoms with E-state index in [1.807, 2.05) is 12.1 Å². The molecule has 0 bridgehead atoms. The summed E-state index contributed by atoms with van der Waals surface area (Å²) in [4.78, 5) is 2.26. The van der Waals surface area contributed by atoms with Crippen LogP contribution in [0.15, 0.2) is 24.3 Å². The number of piperazine rings is 1. The van der Waals surface area contributed by atoms with Crippen molar-refractivity contribution in [3.05, 3.63) is 29.8 Å². The second-order valence-corrected chi connectivity index (χ2v) is 7.34. The molecule has 2 aliphatic heterocycles. The third-order valence-corrected chi connectivity index (χ3v) is 5.62. The summed E-state index contributed by atoms with van der Waals surface area (Å²) in [6.45, 7) is 3.81. The van der Waals surface area contributed by atoms with Gasteiger partial charge in [0.25, 0.3) is 0 Å². The van der Waals surface area contributed by atoms with Crippen LogP contribution in [0.3, 0.4) is 0 Å². The fourth-order valence-electron chi connectivity index (χ4n) is 3.05. The molecule has 3 rings (SSSR count). The smallest absolute Gasteiger partial charge is 0.153 e. The zero-order chi connectivity index (χ0) is 12.8. The second-order valence-electron chi connectivity index (χ2n) is 5.18. The molecule has 2 aliphatic rings. The van der Waals surface area contributed by atoms with Crippen molar-refractivity contribution in [2.45, 2.75) is 19.0 Å². The van der Waals surface area contributed by atoms with Crippen molar-refractivity contribution in [2.75, 3.05) is 29.5 Å². The molecule has 0 saturated carbocycles. The van der Waals surface area contributed by atoms with Crippen LogP contribution in [-0.4, -0.2) is 45.1 Å². The Balaban J connectivity index is 1.96. The van der Waals surface area contributed by atoms with Gasteiger partial charge in [0, 0.05) is 24.8 Å². The Hall–Kier alpha value is -1.07. The molecule has 2 saturated heterocycles. The Morgan fingerprint density at radius 1 is 1.28 bits per heavy atom. The van der Waals surface area contributed by atoms with Crippen LogP contribution in [0.4, 0.5) is 5.69 Å². The molecular weight excluding hydrogens is 248 g/mol. The molecule has 18 heavy (non-hydrogen) atoms. The Morgan fingerprint density at radius 2 is 2.06 bits per heavy atom. The first-order chi connectivity index (χ1) is 8.57. The maximum absolute atomic E-state index is 11.8. The molecule has 1 aromatic carbocycles. The maximum Gasteiger partial charge on any atom is 0.153 e. The summed E-state index contributed by atoms with van der Waals surface area (Å²) in [7, 11) is -2.89. The van der Waals surface area contributed by atoms with E-state index in [2.05, 4.69) is 29.3 Å². The van der Waals surface area contributed by atoms with Crippen molar-refractivity contribution in [2.24, 2.45) is 0 Å². The molecule has 2 fully saturated rings. The van der Waals surface area contributed by atoms with Gasteiger partial charge in [-0.3, -0.25) is 0 Å². The van der Waals surface area contributed by atoms with E-state index < -0.39 is 9.84 Å². The van der Waals surface area contributed by atoms with Crippen LogP contribution < -0.4 is 10.2 Å². The van der Waals surface area contributed by atoms with Crippen LogP contribution in [0, 0.1) is 6.92 Å². The van der Waals surface area contributed by atoms with Gasteiger partial charge in [-0.1, -0.05) is 18.2 Å². The van der Waals surface area contributed by atoms with Crippen LogP contribution in [0.2, 0.25) is 0 Å². The zero-order valence-corrected chi connectivity index (χ0v) is 11.3. The number of para-hydroxylation sites is 1. The highest BCUT2D eigenvalue weighted by Crippen LogP contribution is 2.28. The van der Waals surface area contributed by atoms with Gasteiger partial charge in [0.1, 0.15) is 0 Å². The maximum atomic E-state index is 11.8. The van der Waals surface area contributed by atoms with Gasteiger partial charge in [-0.15, -0.1) is 0 Å². The van der Waals surface area contributed by atoms with Crippen LogP contribution in [0.25, 0.3) is 0 Å². The molecule has 98 valence electrons. The van der Waals surface area contributed by atoms with Gasteiger partial charge in [-0.2, -0.15) is 0 Å². The predicted octanol–water partition coefficient (Wildman–Crippen LogP) is 0.570.